The summed E-state index contributed by atoms with van der Waals surface area (Å²) in [5.41, 5.74) is 0. The topological polar surface area (TPSA) is 37.3 Å². The highest BCUT2D eigenvalue weighted by molar-refractivity contribution is 7.12. The summed E-state index contributed by atoms with van der Waals surface area (Å²) in [4.78, 5) is 13.0. The van der Waals surface area contributed by atoms with Crippen LogP contribution in [0.25, 0.3) is 0 Å². The predicted molar refractivity (Wildman–Crippen MR) is 54.4 cm³/mol. The zero-order valence-corrected chi connectivity index (χ0v) is 8.73. The molecule has 0 amide bonds. The van der Waals surface area contributed by atoms with Gasteiger partial charge >= 0.3 is 5.97 Å². The van der Waals surface area contributed by atoms with Crippen LogP contribution in [0.5, 0.6) is 0 Å². The molecular formula is C10H14O2S. The number of hydrogen-bond donors (Lipinski definition) is 1. The van der Waals surface area contributed by atoms with Gasteiger partial charge in [0.25, 0.3) is 0 Å². The molecule has 0 spiro atoms. The van der Waals surface area contributed by atoms with Gasteiger partial charge in [-0.3, -0.25) is 4.79 Å². The monoisotopic (exact) mass is 198 g/mol. The third-order valence-corrected chi connectivity index (χ3v) is 3.46. The minimum Gasteiger partial charge on any atom is -0.481 e. The molecule has 0 saturated carbocycles. The molecule has 0 radical (unpaired) electrons. The Hall–Kier alpha value is -0.830. The highest BCUT2D eigenvalue weighted by Gasteiger charge is 2.11. The van der Waals surface area contributed by atoms with Gasteiger partial charge < -0.3 is 5.11 Å². The van der Waals surface area contributed by atoms with E-state index in [-0.39, 0.29) is 12.3 Å². The Bertz CT molecular complexity index is 291. The molecule has 0 aliphatic rings. The number of aliphatic carboxylic acids is 1. The molecule has 1 rings (SSSR count). The van der Waals surface area contributed by atoms with Gasteiger partial charge in [0, 0.05) is 15.7 Å². The van der Waals surface area contributed by atoms with Crippen LogP contribution in [0.2, 0.25) is 0 Å². The Morgan fingerprint density at radius 2 is 2.31 bits per heavy atom. The van der Waals surface area contributed by atoms with Gasteiger partial charge in [0.1, 0.15) is 0 Å². The second-order valence-electron chi connectivity index (χ2n) is 3.16. The maximum Gasteiger partial charge on any atom is 0.303 e. The summed E-state index contributed by atoms with van der Waals surface area (Å²) in [5, 5.41) is 8.61. The van der Waals surface area contributed by atoms with E-state index < -0.39 is 5.97 Å². The molecule has 1 N–H and O–H groups in total. The second kappa shape index (κ2) is 4.42. The number of hydrogen-bond acceptors (Lipinski definition) is 2. The highest BCUT2D eigenvalue weighted by Crippen LogP contribution is 2.27. The summed E-state index contributed by atoms with van der Waals surface area (Å²) in [6, 6.07) is 4.12. The lowest BCUT2D eigenvalue weighted by Gasteiger charge is -2.04. The van der Waals surface area contributed by atoms with Gasteiger partial charge in [-0.25, -0.2) is 0 Å². The maximum atomic E-state index is 10.5. The van der Waals surface area contributed by atoms with Gasteiger partial charge in [-0.15, -0.1) is 11.3 Å². The maximum absolute atomic E-state index is 10.5. The molecule has 1 atom stereocenters. The van der Waals surface area contributed by atoms with Crippen LogP contribution in [0.3, 0.4) is 0 Å². The molecule has 0 aliphatic heterocycles. The first kappa shape index (κ1) is 10.3. The predicted octanol–water partition coefficient (Wildman–Crippen LogP) is 2.89. The Morgan fingerprint density at radius 1 is 1.62 bits per heavy atom. The summed E-state index contributed by atoms with van der Waals surface area (Å²) in [6.45, 7) is 4.07. The number of carboxylic acid groups (broad SMARTS) is 1. The molecule has 0 bridgehead atoms. The van der Waals surface area contributed by atoms with Crippen molar-refractivity contribution in [2.45, 2.75) is 32.6 Å². The van der Waals surface area contributed by atoms with Crippen LogP contribution in [-0.4, -0.2) is 11.1 Å². The molecule has 0 aromatic carbocycles. The fraction of sp³-hybridized carbons (Fsp3) is 0.500. The lowest BCUT2D eigenvalue weighted by atomic mass is 10.1. The third kappa shape index (κ3) is 2.84. The van der Waals surface area contributed by atoms with Gasteiger partial charge in [-0.05, 0) is 18.6 Å². The molecule has 1 aromatic heterocycles. The average Bonchev–Trinajstić information content (AvgIpc) is 2.50. The Morgan fingerprint density at radius 3 is 2.77 bits per heavy atom. The molecular weight excluding hydrogens is 184 g/mol. The lowest BCUT2D eigenvalue weighted by Crippen LogP contribution is -2.00. The molecule has 1 aromatic rings. The number of aryl methyl sites for hydroxylation is 1. The molecule has 2 nitrogen and oxygen atoms in total. The first-order chi connectivity index (χ1) is 6.13. The van der Waals surface area contributed by atoms with Crippen molar-refractivity contribution in [3.05, 3.63) is 21.9 Å². The number of rotatable bonds is 4. The zero-order chi connectivity index (χ0) is 9.84. The quantitative estimate of drug-likeness (QED) is 0.807. The van der Waals surface area contributed by atoms with Gasteiger partial charge in [-0.1, -0.05) is 13.8 Å². The van der Waals surface area contributed by atoms with Gasteiger partial charge in [-0.2, -0.15) is 0 Å². The van der Waals surface area contributed by atoms with Crippen molar-refractivity contribution < 1.29 is 9.90 Å². The van der Waals surface area contributed by atoms with Crippen LogP contribution in [0, 0.1) is 0 Å². The minimum atomic E-state index is -0.723. The van der Waals surface area contributed by atoms with Crippen molar-refractivity contribution >= 4 is 17.3 Å². The van der Waals surface area contributed by atoms with Crippen molar-refractivity contribution in [3.8, 4) is 0 Å². The van der Waals surface area contributed by atoms with Gasteiger partial charge in [0.15, 0.2) is 0 Å². The van der Waals surface area contributed by atoms with E-state index in [0.29, 0.717) is 0 Å². The van der Waals surface area contributed by atoms with E-state index in [4.69, 9.17) is 5.11 Å². The lowest BCUT2D eigenvalue weighted by molar-refractivity contribution is -0.137. The summed E-state index contributed by atoms with van der Waals surface area (Å²) >= 11 is 1.72. The smallest absolute Gasteiger partial charge is 0.303 e. The Balaban J connectivity index is 2.65. The van der Waals surface area contributed by atoms with Gasteiger partial charge in [0.05, 0.1) is 6.42 Å². The molecule has 0 aliphatic carbocycles. The molecule has 0 saturated heterocycles. The number of carboxylic acids is 1. The van der Waals surface area contributed by atoms with Gasteiger partial charge in [0.2, 0.25) is 0 Å². The molecule has 72 valence electrons. The molecule has 1 heterocycles. The fourth-order valence-electron chi connectivity index (χ4n) is 1.21. The highest BCUT2D eigenvalue weighted by atomic mass is 32.1. The summed E-state index contributed by atoms with van der Waals surface area (Å²) in [5.74, 6) is -0.582. The zero-order valence-electron chi connectivity index (χ0n) is 7.91. The minimum absolute atomic E-state index is 0.141. The average molecular weight is 198 g/mol. The number of carbonyl (C=O) groups is 1. The molecule has 3 heteroatoms. The summed E-state index contributed by atoms with van der Waals surface area (Å²) in [6.07, 6.45) is 1.26. The van der Waals surface area contributed by atoms with E-state index in [2.05, 4.69) is 13.0 Å². The van der Waals surface area contributed by atoms with Crippen LogP contribution in [0.15, 0.2) is 12.1 Å². The van der Waals surface area contributed by atoms with E-state index in [0.717, 1.165) is 6.42 Å². The van der Waals surface area contributed by atoms with Crippen LogP contribution in [0.4, 0.5) is 0 Å². The van der Waals surface area contributed by atoms with Crippen LogP contribution >= 0.6 is 11.3 Å². The van der Waals surface area contributed by atoms with Crippen molar-refractivity contribution in [1.82, 2.24) is 0 Å². The number of thiophene rings is 1. The third-order valence-electron chi connectivity index (χ3n) is 2.00. The first-order valence-electron chi connectivity index (χ1n) is 4.44. The Kier molecular flexibility index (Phi) is 3.48. The van der Waals surface area contributed by atoms with E-state index in [1.165, 1.54) is 9.75 Å². The molecule has 0 fully saturated rings. The van der Waals surface area contributed by atoms with E-state index in [1.807, 2.05) is 13.0 Å². The second-order valence-corrected chi connectivity index (χ2v) is 4.36. The van der Waals surface area contributed by atoms with E-state index in [9.17, 15) is 4.79 Å². The van der Waals surface area contributed by atoms with Crippen molar-refractivity contribution in [1.29, 1.82) is 0 Å². The Labute approximate surface area is 82.2 Å². The van der Waals surface area contributed by atoms with E-state index in [1.54, 1.807) is 11.3 Å². The standard InChI is InChI=1S/C10H14O2S/c1-3-8-4-5-9(13-8)7(2)6-10(11)12/h4-5,7H,3,6H2,1-2H3,(H,11,12). The SMILES string of the molecule is CCc1ccc(C(C)CC(=O)O)s1. The van der Waals surface area contributed by atoms with Crippen molar-refractivity contribution in [2.24, 2.45) is 0 Å². The van der Waals surface area contributed by atoms with Crippen molar-refractivity contribution in [3.63, 3.8) is 0 Å². The van der Waals surface area contributed by atoms with Crippen LogP contribution < -0.4 is 0 Å². The summed E-state index contributed by atoms with van der Waals surface area (Å²) < 4.78 is 0. The fourth-order valence-corrected chi connectivity index (χ4v) is 2.22. The summed E-state index contributed by atoms with van der Waals surface area (Å²) in [7, 11) is 0. The molecule has 1 unspecified atom stereocenters. The normalized spacial score (nSPS) is 12.8. The molecule has 13 heavy (non-hydrogen) atoms. The van der Waals surface area contributed by atoms with Crippen LogP contribution in [-0.2, 0) is 11.2 Å². The van der Waals surface area contributed by atoms with E-state index >= 15 is 0 Å². The largest absolute Gasteiger partial charge is 0.481 e. The first-order valence-corrected chi connectivity index (χ1v) is 5.25. The van der Waals surface area contributed by atoms with Crippen LogP contribution in [0.1, 0.15) is 35.9 Å². The van der Waals surface area contributed by atoms with Crippen molar-refractivity contribution in [2.75, 3.05) is 0 Å².